The van der Waals surface area contributed by atoms with Gasteiger partial charge in [0.2, 0.25) is 0 Å². The molecule has 4 aromatic rings. The molecule has 4 rings (SSSR count). The minimum absolute atomic E-state index is 0.153. The lowest BCUT2D eigenvalue weighted by molar-refractivity contribution is 0.101. The Hall–Kier alpha value is -4.53. The van der Waals surface area contributed by atoms with Crippen molar-refractivity contribution in [3.63, 3.8) is 0 Å². The van der Waals surface area contributed by atoms with Crippen LogP contribution in [0.1, 0.15) is 37.7 Å². The number of halogens is 1. The highest BCUT2D eigenvalue weighted by atomic mass is 19.1. The number of nitrogens with zero attached hydrogens (tertiary/aromatic N) is 3. The Morgan fingerprint density at radius 3 is 2.43 bits per heavy atom. The number of methoxy groups -OCH3 is 1. The maximum atomic E-state index is 13.5. The number of aryl methyl sites for hydroxylation is 3. The molecular weight excluding hydrogens is 449 g/mol. The number of rotatable bonds is 6. The molecule has 0 atom stereocenters. The molecule has 0 fully saturated rings. The van der Waals surface area contributed by atoms with Crippen LogP contribution >= 0.6 is 0 Å². The van der Waals surface area contributed by atoms with Crippen LogP contribution in [0.2, 0.25) is 0 Å². The first-order valence-electron chi connectivity index (χ1n) is 10.8. The number of nitrogens with one attached hydrogen (secondary N) is 2. The highest BCUT2D eigenvalue weighted by Gasteiger charge is 2.19. The van der Waals surface area contributed by atoms with Gasteiger partial charge in [0.1, 0.15) is 11.6 Å². The van der Waals surface area contributed by atoms with E-state index in [0.29, 0.717) is 22.8 Å². The van der Waals surface area contributed by atoms with Crippen LogP contribution in [-0.2, 0) is 0 Å². The summed E-state index contributed by atoms with van der Waals surface area (Å²) in [4.78, 5) is 27.0. The summed E-state index contributed by atoms with van der Waals surface area (Å²) >= 11 is 0. The summed E-state index contributed by atoms with van der Waals surface area (Å²) in [5.74, 6) is -1.11. The fourth-order valence-electron chi connectivity index (χ4n) is 3.62. The van der Waals surface area contributed by atoms with Gasteiger partial charge in [0, 0.05) is 11.3 Å². The Bertz CT molecular complexity index is 1430. The summed E-state index contributed by atoms with van der Waals surface area (Å²) in [6.45, 7) is 5.67. The average molecular weight is 474 g/mol. The van der Waals surface area contributed by atoms with Crippen molar-refractivity contribution in [3.05, 3.63) is 94.6 Å². The van der Waals surface area contributed by atoms with Crippen LogP contribution in [0, 0.1) is 26.6 Å². The van der Waals surface area contributed by atoms with Crippen molar-refractivity contribution in [2.24, 2.45) is 0 Å². The van der Waals surface area contributed by atoms with Gasteiger partial charge in [-0.1, -0.05) is 23.8 Å². The summed E-state index contributed by atoms with van der Waals surface area (Å²) in [6, 6.07) is 16.0. The Morgan fingerprint density at radius 2 is 1.71 bits per heavy atom. The largest absolute Gasteiger partial charge is 0.495 e. The van der Waals surface area contributed by atoms with Crippen LogP contribution in [0.3, 0.4) is 0 Å². The standard InChI is InChI=1S/C26H24FN5O3/c1-15-8-10-22(16(2)12-15)32-30-17(3)24(31-32)26(34)28-20-9-11-23(35-4)21(14-20)29-25(33)18-6-5-7-19(27)13-18/h5-14H,1-4H3,(H,28,34)(H,29,33). The zero-order chi connectivity index (χ0) is 25.1. The lowest BCUT2D eigenvalue weighted by atomic mass is 10.1. The third-order valence-electron chi connectivity index (χ3n) is 5.36. The first-order valence-corrected chi connectivity index (χ1v) is 10.8. The Kier molecular flexibility index (Phi) is 6.59. The van der Waals surface area contributed by atoms with Gasteiger partial charge >= 0.3 is 0 Å². The van der Waals surface area contributed by atoms with Crippen LogP contribution in [0.25, 0.3) is 5.69 Å². The maximum absolute atomic E-state index is 13.5. The molecule has 0 bridgehead atoms. The zero-order valence-corrected chi connectivity index (χ0v) is 19.7. The van der Waals surface area contributed by atoms with Crippen molar-refractivity contribution >= 4 is 23.2 Å². The molecular formula is C26H24FN5O3. The minimum Gasteiger partial charge on any atom is -0.495 e. The van der Waals surface area contributed by atoms with E-state index in [4.69, 9.17) is 4.74 Å². The summed E-state index contributed by atoms with van der Waals surface area (Å²) in [6.07, 6.45) is 0. The number of carbonyl (C=O) groups excluding carboxylic acids is 2. The number of hydrogen-bond acceptors (Lipinski definition) is 5. The quantitative estimate of drug-likeness (QED) is 0.417. The number of amides is 2. The van der Waals surface area contributed by atoms with Gasteiger partial charge in [-0.25, -0.2) is 4.39 Å². The van der Waals surface area contributed by atoms with Crippen molar-refractivity contribution in [1.82, 2.24) is 15.0 Å². The topological polar surface area (TPSA) is 98.1 Å². The van der Waals surface area contributed by atoms with E-state index >= 15 is 0 Å². The number of carbonyl (C=O) groups is 2. The molecule has 0 radical (unpaired) electrons. The summed E-state index contributed by atoms with van der Waals surface area (Å²) in [5.41, 5.74) is 4.40. The lowest BCUT2D eigenvalue weighted by Gasteiger charge is -2.13. The van der Waals surface area contributed by atoms with Crippen LogP contribution in [0.5, 0.6) is 5.75 Å². The fourth-order valence-corrected chi connectivity index (χ4v) is 3.62. The fraction of sp³-hybridized carbons (Fsp3) is 0.154. The Morgan fingerprint density at radius 1 is 0.914 bits per heavy atom. The molecule has 0 saturated carbocycles. The lowest BCUT2D eigenvalue weighted by Crippen LogP contribution is -2.16. The van der Waals surface area contributed by atoms with Gasteiger partial charge < -0.3 is 15.4 Å². The van der Waals surface area contributed by atoms with E-state index in [2.05, 4.69) is 20.8 Å². The Balaban J connectivity index is 1.56. The van der Waals surface area contributed by atoms with Crippen molar-refractivity contribution in [1.29, 1.82) is 0 Å². The molecule has 0 unspecified atom stereocenters. The zero-order valence-electron chi connectivity index (χ0n) is 19.7. The molecule has 0 aliphatic rings. The maximum Gasteiger partial charge on any atom is 0.278 e. The molecule has 0 spiro atoms. The summed E-state index contributed by atoms with van der Waals surface area (Å²) in [5, 5.41) is 14.3. The molecule has 35 heavy (non-hydrogen) atoms. The van der Waals surface area contributed by atoms with Gasteiger partial charge in [0.05, 0.1) is 24.2 Å². The Labute approximate surface area is 201 Å². The average Bonchev–Trinajstić information content (AvgIpc) is 3.20. The molecule has 9 heteroatoms. The van der Waals surface area contributed by atoms with Gasteiger partial charge in [-0.05, 0) is 68.8 Å². The third kappa shape index (κ3) is 5.19. The van der Waals surface area contributed by atoms with Crippen molar-refractivity contribution in [2.45, 2.75) is 20.8 Å². The molecule has 0 aliphatic carbocycles. The predicted molar refractivity (Wildman–Crippen MR) is 131 cm³/mol. The van der Waals surface area contributed by atoms with Crippen LogP contribution in [0.4, 0.5) is 15.8 Å². The van der Waals surface area contributed by atoms with E-state index < -0.39 is 17.6 Å². The molecule has 178 valence electrons. The number of ether oxygens (including phenoxy) is 1. The van der Waals surface area contributed by atoms with Crippen LogP contribution in [-0.4, -0.2) is 33.9 Å². The van der Waals surface area contributed by atoms with Crippen molar-refractivity contribution in [2.75, 3.05) is 17.7 Å². The highest BCUT2D eigenvalue weighted by Crippen LogP contribution is 2.29. The van der Waals surface area contributed by atoms with Crippen LogP contribution in [0.15, 0.2) is 60.7 Å². The number of hydrogen-bond donors (Lipinski definition) is 2. The first kappa shape index (κ1) is 23.6. The monoisotopic (exact) mass is 473 g/mol. The molecule has 8 nitrogen and oxygen atoms in total. The molecule has 0 aliphatic heterocycles. The minimum atomic E-state index is -0.519. The van der Waals surface area contributed by atoms with Gasteiger partial charge in [-0.15, -0.1) is 5.10 Å². The van der Waals surface area contributed by atoms with Gasteiger partial charge in [-0.3, -0.25) is 9.59 Å². The van der Waals surface area contributed by atoms with Gasteiger partial charge in [0.15, 0.2) is 5.69 Å². The third-order valence-corrected chi connectivity index (χ3v) is 5.36. The molecule has 3 aromatic carbocycles. The van der Waals surface area contributed by atoms with Gasteiger partial charge in [-0.2, -0.15) is 9.90 Å². The second-order valence-corrected chi connectivity index (χ2v) is 8.05. The molecule has 1 heterocycles. The predicted octanol–water partition coefficient (Wildman–Crippen LogP) is 4.84. The van der Waals surface area contributed by atoms with Crippen molar-refractivity contribution < 1.29 is 18.7 Å². The highest BCUT2D eigenvalue weighted by molar-refractivity contribution is 6.06. The number of aromatic nitrogens is 3. The second kappa shape index (κ2) is 9.76. The first-order chi connectivity index (χ1) is 16.7. The van der Waals surface area contributed by atoms with Crippen LogP contribution < -0.4 is 15.4 Å². The number of benzene rings is 3. The van der Waals surface area contributed by atoms with E-state index in [9.17, 15) is 14.0 Å². The smallest absolute Gasteiger partial charge is 0.278 e. The van der Waals surface area contributed by atoms with E-state index in [1.54, 1.807) is 25.1 Å². The van der Waals surface area contributed by atoms with E-state index in [1.807, 2.05) is 32.0 Å². The van der Waals surface area contributed by atoms with E-state index in [1.165, 1.54) is 30.1 Å². The summed E-state index contributed by atoms with van der Waals surface area (Å²) in [7, 11) is 1.46. The molecule has 1 aromatic heterocycles. The normalized spacial score (nSPS) is 10.7. The van der Waals surface area contributed by atoms with Gasteiger partial charge in [0.25, 0.3) is 11.8 Å². The summed E-state index contributed by atoms with van der Waals surface area (Å²) < 4.78 is 18.8. The van der Waals surface area contributed by atoms with E-state index in [-0.39, 0.29) is 11.3 Å². The SMILES string of the molecule is COc1ccc(NC(=O)c2nn(-c3ccc(C)cc3C)nc2C)cc1NC(=O)c1cccc(F)c1. The number of anilines is 2. The van der Waals surface area contributed by atoms with E-state index in [0.717, 1.165) is 22.9 Å². The molecule has 2 N–H and O–H groups in total. The second-order valence-electron chi connectivity index (χ2n) is 8.05. The molecule has 0 saturated heterocycles. The molecule has 2 amide bonds. The van der Waals surface area contributed by atoms with Crippen molar-refractivity contribution in [3.8, 4) is 11.4 Å².